The van der Waals surface area contributed by atoms with Crippen LogP contribution in [0.15, 0.2) is 21.5 Å². The average Bonchev–Trinajstić information content (AvgIpc) is 2.41. The second-order valence-corrected chi connectivity index (χ2v) is 7.91. The zero-order valence-electron chi connectivity index (χ0n) is 11.5. The molecule has 1 atom stereocenters. The van der Waals surface area contributed by atoms with E-state index in [9.17, 15) is 13.2 Å². The predicted molar refractivity (Wildman–Crippen MR) is 81.8 cm³/mol. The van der Waals surface area contributed by atoms with E-state index in [1.807, 2.05) is 0 Å². The molecule has 116 valence electrons. The Morgan fingerprint density at radius 3 is 2.71 bits per heavy atom. The van der Waals surface area contributed by atoms with Gasteiger partial charge in [0.05, 0.1) is 10.5 Å². The lowest BCUT2D eigenvalue weighted by molar-refractivity contribution is 0.0696. The van der Waals surface area contributed by atoms with Crippen LogP contribution in [0, 0.1) is 6.92 Å². The van der Waals surface area contributed by atoms with E-state index in [0.29, 0.717) is 23.0 Å². The van der Waals surface area contributed by atoms with Gasteiger partial charge in [-0.05, 0) is 37.5 Å². The van der Waals surface area contributed by atoms with Crippen LogP contribution in [0.2, 0.25) is 0 Å². The third-order valence-corrected chi connectivity index (χ3v) is 6.40. The Labute approximate surface area is 132 Å². The molecule has 8 heteroatoms. The molecule has 2 rings (SSSR count). The van der Waals surface area contributed by atoms with E-state index in [1.54, 1.807) is 6.92 Å². The molecular formula is C13H17BrN2O4S. The standard InChI is InChI=1S/C13H17BrN2O4S/c1-8-11(14)5-9(13(17)18)6-12(8)21(19,20)16-4-2-3-10(15)7-16/h5-6,10H,2-4,7,15H2,1H3,(H,17,18). The minimum atomic E-state index is -3.74. The molecule has 3 N–H and O–H groups in total. The smallest absolute Gasteiger partial charge is 0.335 e. The van der Waals surface area contributed by atoms with Crippen molar-refractivity contribution in [1.29, 1.82) is 0 Å². The van der Waals surface area contributed by atoms with Gasteiger partial charge in [0.1, 0.15) is 0 Å². The topological polar surface area (TPSA) is 101 Å². The molecule has 21 heavy (non-hydrogen) atoms. The lowest BCUT2D eigenvalue weighted by Crippen LogP contribution is -2.45. The van der Waals surface area contributed by atoms with E-state index in [4.69, 9.17) is 10.8 Å². The van der Waals surface area contributed by atoms with Crippen molar-refractivity contribution in [2.45, 2.75) is 30.7 Å². The highest BCUT2D eigenvalue weighted by Crippen LogP contribution is 2.29. The van der Waals surface area contributed by atoms with Crippen molar-refractivity contribution in [2.24, 2.45) is 5.73 Å². The van der Waals surface area contributed by atoms with Crippen LogP contribution in [0.4, 0.5) is 0 Å². The van der Waals surface area contributed by atoms with Crippen LogP contribution in [0.1, 0.15) is 28.8 Å². The number of rotatable bonds is 3. The van der Waals surface area contributed by atoms with Gasteiger partial charge in [-0.2, -0.15) is 4.31 Å². The largest absolute Gasteiger partial charge is 0.478 e. The van der Waals surface area contributed by atoms with E-state index in [2.05, 4.69) is 15.9 Å². The molecule has 1 heterocycles. The van der Waals surface area contributed by atoms with E-state index >= 15 is 0 Å². The third-order valence-electron chi connectivity index (χ3n) is 3.58. The molecule has 0 amide bonds. The first-order valence-electron chi connectivity index (χ1n) is 6.52. The van der Waals surface area contributed by atoms with Crippen molar-refractivity contribution < 1.29 is 18.3 Å². The highest BCUT2D eigenvalue weighted by molar-refractivity contribution is 9.10. The summed E-state index contributed by atoms with van der Waals surface area (Å²) in [7, 11) is -3.74. The van der Waals surface area contributed by atoms with Crippen molar-refractivity contribution in [3.8, 4) is 0 Å². The maximum absolute atomic E-state index is 12.7. The molecule has 0 saturated carbocycles. The lowest BCUT2D eigenvalue weighted by Gasteiger charge is -2.30. The first-order chi connectivity index (χ1) is 9.73. The summed E-state index contributed by atoms with van der Waals surface area (Å²) in [4.78, 5) is 11.1. The number of hydrogen-bond donors (Lipinski definition) is 2. The Kier molecular flexibility index (Phi) is 4.72. The number of benzene rings is 1. The van der Waals surface area contributed by atoms with Crippen LogP contribution >= 0.6 is 15.9 Å². The summed E-state index contributed by atoms with van der Waals surface area (Å²) >= 11 is 3.22. The second-order valence-electron chi connectivity index (χ2n) is 5.15. The summed E-state index contributed by atoms with van der Waals surface area (Å²) in [6, 6.07) is 2.43. The molecule has 1 aromatic carbocycles. The monoisotopic (exact) mass is 376 g/mol. The van der Waals surface area contributed by atoms with Gasteiger partial charge in [-0.3, -0.25) is 0 Å². The molecule has 0 aromatic heterocycles. The summed E-state index contributed by atoms with van der Waals surface area (Å²) in [6.07, 6.45) is 1.50. The minimum absolute atomic E-state index is 0.0170. The summed E-state index contributed by atoms with van der Waals surface area (Å²) in [5.74, 6) is -1.16. The number of carboxylic acid groups (broad SMARTS) is 1. The maximum atomic E-state index is 12.7. The van der Waals surface area contributed by atoms with Gasteiger partial charge >= 0.3 is 5.97 Å². The molecule has 1 saturated heterocycles. The fourth-order valence-electron chi connectivity index (χ4n) is 2.38. The van der Waals surface area contributed by atoms with Gasteiger partial charge in [-0.25, -0.2) is 13.2 Å². The fraction of sp³-hybridized carbons (Fsp3) is 0.462. The van der Waals surface area contributed by atoms with Gasteiger partial charge in [0.25, 0.3) is 0 Å². The van der Waals surface area contributed by atoms with Crippen LogP contribution in [0.25, 0.3) is 0 Å². The number of nitrogens with zero attached hydrogens (tertiary/aromatic N) is 1. The summed E-state index contributed by atoms with van der Waals surface area (Å²) in [5.41, 5.74) is 6.27. The summed E-state index contributed by atoms with van der Waals surface area (Å²) < 4.78 is 27.3. The van der Waals surface area contributed by atoms with Gasteiger partial charge in [0.15, 0.2) is 0 Å². The fourth-order valence-corrected chi connectivity index (χ4v) is 4.78. The Morgan fingerprint density at radius 1 is 1.48 bits per heavy atom. The molecule has 1 aliphatic rings. The molecule has 0 spiro atoms. The zero-order chi connectivity index (χ0) is 15.8. The van der Waals surface area contributed by atoms with Crippen LogP contribution in [0.3, 0.4) is 0 Å². The van der Waals surface area contributed by atoms with E-state index in [0.717, 1.165) is 6.42 Å². The molecule has 1 aromatic rings. The van der Waals surface area contributed by atoms with Crippen LogP contribution in [0.5, 0.6) is 0 Å². The number of nitrogens with two attached hydrogens (primary N) is 1. The Morgan fingerprint density at radius 2 is 2.14 bits per heavy atom. The highest BCUT2D eigenvalue weighted by Gasteiger charge is 2.31. The van der Waals surface area contributed by atoms with Crippen molar-refractivity contribution in [3.05, 3.63) is 27.7 Å². The van der Waals surface area contributed by atoms with Crippen LogP contribution < -0.4 is 5.73 Å². The Balaban J connectivity index is 2.51. The third kappa shape index (κ3) is 3.28. The van der Waals surface area contributed by atoms with Crippen molar-refractivity contribution in [3.63, 3.8) is 0 Å². The zero-order valence-corrected chi connectivity index (χ0v) is 13.9. The number of hydrogen-bond acceptors (Lipinski definition) is 4. The normalized spacial score (nSPS) is 20.4. The first-order valence-corrected chi connectivity index (χ1v) is 8.76. The molecule has 1 unspecified atom stereocenters. The molecule has 6 nitrogen and oxygen atoms in total. The van der Waals surface area contributed by atoms with E-state index in [1.165, 1.54) is 16.4 Å². The lowest BCUT2D eigenvalue weighted by atomic mass is 10.1. The number of carboxylic acids is 1. The van der Waals surface area contributed by atoms with Gasteiger partial charge in [0.2, 0.25) is 10.0 Å². The Hall–Kier alpha value is -0.960. The molecule has 0 radical (unpaired) electrons. The Bertz CT molecular complexity index is 675. The molecule has 1 aliphatic heterocycles. The highest BCUT2D eigenvalue weighted by atomic mass is 79.9. The number of carbonyl (C=O) groups is 1. The number of sulfonamides is 1. The van der Waals surface area contributed by atoms with Gasteiger partial charge in [-0.15, -0.1) is 0 Å². The van der Waals surface area contributed by atoms with E-state index in [-0.39, 0.29) is 23.0 Å². The van der Waals surface area contributed by atoms with Crippen molar-refractivity contribution in [1.82, 2.24) is 4.31 Å². The predicted octanol–water partition coefficient (Wildman–Crippen LogP) is 1.57. The van der Waals surface area contributed by atoms with Crippen LogP contribution in [-0.4, -0.2) is 42.9 Å². The van der Waals surface area contributed by atoms with E-state index < -0.39 is 16.0 Å². The number of halogens is 1. The average molecular weight is 377 g/mol. The molecule has 0 aliphatic carbocycles. The SMILES string of the molecule is Cc1c(Br)cc(C(=O)O)cc1S(=O)(=O)N1CCCC(N)C1. The van der Waals surface area contributed by atoms with Gasteiger partial charge < -0.3 is 10.8 Å². The quantitative estimate of drug-likeness (QED) is 0.833. The molecule has 0 bridgehead atoms. The summed E-state index contributed by atoms with van der Waals surface area (Å²) in [6.45, 7) is 2.31. The second kappa shape index (κ2) is 6.04. The summed E-state index contributed by atoms with van der Waals surface area (Å²) in [5, 5.41) is 9.09. The van der Waals surface area contributed by atoms with Gasteiger partial charge in [0, 0.05) is 23.6 Å². The number of aromatic carboxylic acids is 1. The first kappa shape index (κ1) is 16.4. The molecule has 1 fully saturated rings. The van der Waals surface area contributed by atoms with Gasteiger partial charge in [-0.1, -0.05) is 15.9 Å². The maximum Gasteiger partial charge on any atom is 0.335 e. The molecular weight excluding hydrogens is 360 g/mol. The van der Waals surface area contributed by atoms with Crippen LogP contribution in [-0.2, 0) is 10.0 Å². The minimum Gasteiger partial charge on any atom is -0.478 e. The number of piperidine rings is 1. The van der Waals surface area contributed by atoms with Crippen molar-refractivity contribution in [2.75, 3.05) is 13.1 Å². The van der Waals surface area contributed by atoms with Crippen molar-refractivity contribution >= 4 is 31.9 Å².